The van der Waals surface area contributed by atoms with Crippen molar-refractivity contribution in [1.82, 2.24) is 5.32 Å². The van der Waals surface area contributed by atoms with E-state index < -0.39 is 6.04 Å². The lowest BCUT2D eigenvalue weighted by Gasteiger charge is -2.16. The highest BCUT2D eigenvalue weighted by Crippen LogP contribution is 2.29. The van der Waals surface area contributed by atoms with Gasteiger partial charge in [0.25, 0.3) is 0 Å². The minimum atomic E-state index is -0.393. The predicted molar refractivity (Wildman–Crippen MR) is 143 cm³/mol. The van der Waals surface area contributed by atoms with Crippen molar-refractivity contribution < 1.29 is 14.2 Å². The molecule has 0 saturated carbocycles. The fraction of sp³-hybridized carbons (Fsp3) is 0.379. The van der Waals surface area contributed by atoms with Gasteiger partial charge in [-0.3, -0.25) is 0 Å². The summed E-state index contributed by atoms with van der Waals surface area (Å²) in [6, 6.07) is 25.5. The van der Waals surface area contributed by atoms with Crippen molar-refractivity contribution in [2.75, 3.05) is 19.8 Å². The van der Waals surface area contributed by atoms with Gasteiger partial charge < -0.3 is 19.5 Å². The van der Waals surface area contributed by atoms with E-state index >= 15 is 0 Å². The lowest BCUT2D eigenvalue weighted by Crippen LogP contribution is -2.21. The topological polar surface area (TPSA) is 88.5 Å². The third kappa shape index (κ3) is 9.02. The van der Waals surface area contributed by atoms with Crippen LogP contribution in [0.4, 0.5) is 0 Å². The van der Waals surface area contributed by atoms with Gasteiger partial charge in [-0.25, -0.2) is 0 Å². The first-order valence-corrected chi connectivity index (χ1v) is 12.6. The van der Waals surface area contributed by atoms with Crippen LogP contribution < -0.4 is 10.1 Å². The fourth-order valence-corrected chi connectivity index (χ4v) is 3.92. The van der Waals surface area contributed by atoms with E-state index in [-0.39, 0.29) is 6.29 Å². The van der Waals surface area contributed by atoms with Crippen LogP contribution in [0.25, 0.3) is 10.4 Å². The summed E-state index contributed by atoms with van der Waals surface area (Å²) in [5, 5.41) is 7.48. The van der Waals surface area contributed by atoms with Crippen molar-refractivity contribution in [3.8, 4) is 5.75 Å². The molecule has 0 radical (unpaired) electrons. The maximum atomic E-state index is 9.06. The van der Waals surface area contributed by atoms with Crippen LogP contribution in [0.3, 0.4) is 0 Å². The fourth-order valence-electron chi connectivity index (χ4n) is 3.92. The normalized spacial score (nSPS) is 11.8. The van der Waals surface area contributed by atoms with Gasteiger partial charge in [0.05, 0.1) is 6.04 Å². The van der Waals surface area contributed by atoms with Crippen LogP contribution in [0.2, 0.25) is 0 Å². The third-order valence-corrected chi connectivity index (χ3v) is 5.71. The zero-order valence-corrected chi connectivity index (χ0v) is 21.2. The molecule has 1 atom stereocenters. The molecule has 0 spiro atoms. The number of hydrogen-bond donors (Lipinski definition) is 1. The Balaban J connectivity index is 1.47. The Hall–Kier alpha value is -3.35. The van der Waals surface area contributed by atoms with E-state index in [9.17, 15) is 0 Å². The first kappa shape index (κ1) is 27.2. The third-order valence-electron chi connectivity index (χ3n) is 5.71. The summed E-state index contributed by atoms with van der Waals surface area (Å²) in [5.74, 6) is 0.740. The zero-order valence-electron chi connectivity index (χ0n) is 21.2. The molecule has 3 aromatic rings. The van der Waals surface area contributed by atoms with E-state index in [0.717, 1.165) is 48.4 Å². The van der Waals surface area contributed by atoms with E-state index in [1.54, 1.807) is 0 Å². The average molecular weight is 489 g/mol. The Bertz CT molecular complexity index is 1060. The first-order valence-electron chi connectivity index (χ1n) is 12.6. The van der Waals surface area contributed by atoms with Crippen LogP contribution in [0.5, 0.6) is 5.75 Å². The molecule has 0 bridgehead atoms. The minimum Gasteiger partial charge on any atom is -0.489 e. The van der Waals surface area contributed by atoms with Gasteiger partial charge in [-0.05, 0) is 73.2 Å². The Morgan fingerprint density at radius 3 is 2.25 bits per heavy atom. The molecule has 0 amide bonds. The predicted octanol–water partition coefficient (Wildman–Crippen LogP) is 6.93. The number of nitrogens with one attached hydrogen (secondary N) is 1. The lowest BCUT2D eigenvalue weighted by molar-refractivity contribution is -0.139. The molecule has 7 heteroatoms. The van der Waals surface area contributed by atoms with E-state index in [0.29, 0.717) is 19.8 Å². The average Bonchev–Trinajstić information content (AvgIpc) is 2.92. The molecule has 1 N–H and O–H groups in total. The molecular formula is C29H36N4O3. The second kappa shape index (κ2) is 15.6. The number of hydrogen-bond acceptors (Lipinski definition) is 5. The second-order valence-corrected chi connectivity index (χ2v) is 8.36. The van der Waals surface area contributed by atoms with E-state index in [1.807, 2.05) is 68.4 Å². The summed E-state index contributed by atoms with van der Waals surface area (Å²) in [4.78, 5) is 3.04. The molecule has 0 aliphatic carbocycles. The molecule has 0 heterocycles. The summed E-state index contributed by atoms with van der Waals surface area (Å²) in [6.45, 7) is 7.51. The molecule has 7 nitrogen and oxygen atoms in total. The highest BCUT2D eigenvalue weighted by atomic mass is 16.7. The van der Waals surface area contributed by atoms with Gasteiger partial charge in [0.15, 0.2) is 6.29 Å². The molecule has 0 aromatic heterocycles. The van der Waals surface area contributed by atoms with Crippen molar-refractivity contribution in [2.45, 2.75) is 52.2 Å². The lowest BCUT2D eigenvalue weighted by atomic mass is 9.99. The number of nitrogens with zero attached hydrogens (tertiary/aromatic N) is 3. The molecule has 3 rings (SSSR count). The van der Waals surface area contributed by atoms with Gasteiger partial charge in [-0.15, -0.1) is 0 Å². The quantitative estimate of drug-likeness (QED) is 0.0778. The summed E-state index contributed by atoms with van der Waals surface area (Å²) >= 11 is 0. The summed E-state index contributed by atoms with van der Waals surface area (Å²) in [7, 11) is 0. The smallest absolute Gasteiger partial charge is 0.157 e. The number of benzene rings is 3. The van der Waals surface area contributed by atoms with Gasteiger partial charge >= 0.3 is 0 Å². The molecule has 0 fully saturated rings. The van der Waals surface area contributed by atoms with E-state index in [2.05, 4.69) is 39.6 Å². The van der Waals surface area contributed by atoms with Crippen LogP contribution in [-0.2, 0) is 22.6 Å². The Labute approximate surface area is 214 Å². The van der Waals surface area contributed by atoms with Crippen LogP contribution in [-0.4, -0.2) is 26.0 Å². The molecule has 36 heavy (non-hydrogen) atoms. The van der Waals surface area contributed by atoms with E-state index in [1.165, 1.54) is 5.56 Å². The number of azide groups is 1. The number of ether oxygens (including phenoxy) is 3. The molecule has 0 aliphatic rings. The van der Waals surface area contributed by atoms with Crippen LogP contribution in [0.1, 0.15) is 55.0 Å². The summed E-state index contributed by atoms with van der Waals surface area (Å²) in [5.41, 5.74) is 13.2. The van der Waals surface area contributed by atoms with Gasteiger partial charge in [-0.1, -0.05) is 71.8 Å². The summed E-state index contributed by atoms with van der Waals surface area (Å²) in [6.07, 6.45) is 1.78. The van der Waals surface area contributed by atoms with Gasteiger partial charge in [0.2, 0.25) is 0 Å². The monoisotopic (exact) mass is 488 g/mol. The van der Waals surface area contributed by atoms with Crippen LogP contribution in [0, 0.1) is 0 Å². The van der Waals surface area contributed by atoms with Crippen molar-refractivity contribution in [2.24, 2.45) is 5.11 Å². The van der Waals surface area contributed by atoms with Crippen LogP contribution >= 0.6 is 0 Å². The van der Waals surface area contributed by atoms with Gasteiger partial charge in [0, 0.05) is 24.7 Å². The van der Waals surface area contributed by atoms with Gasteiger partial charge in [-0.2, -0.15) is 0 Å². The number of rotatable bonds is 16. The Morgan fingerprint density at radius 1 is 0.861 bits per heavy atom. The van der Waals surface area contributed by atoms with Crippen molar-refractivity contribution in [3.63, 3.8) is 0 Å². The maximum absolute atomic E-state index is 9.06. The first-order chi connectivity index (χ1) is 17.7. The second-order valence-electron chi connectivity index (χ2n) is 8.36. The van der Waals surface area contributed by atoms with Crippen molar-refractivity contribution in [1.29, 1.82) is 0 Å². The zero-order chi connectivity index (χ0) is 25.4. The molecule has 190 valence electrons. The molecule has 3 aromatic carbocycles. The van der Waals surface area contributed by atoms with Crippen molar-refractivity contribution >= 4 is 0 Å². The Morgan fingerprint density at radius 2 is 1.56 bits per heavy atom. The van der Waals surface area contributed by atoms with E-state index in [4.69, 9.17) is 19.7 Å². The van der Waals surface area contributed by atoms with Crippen molar-refractivity contribution in [3.05, 3.63) is 112 Å². The largest absolute Gasteiger partial charge is 0.489 e. The Kier molecular flexibility index (Phi) is 11.8. The van der Waals surface area contributed by atoms with Gasteiger partial charge in [0.1, 0.15) is 12.4 Å². The molecule has 1 unspecified atom stereocenters. The summed E-state index contributed by atoms with van der Waals surface area (Å²) < 4.78 is 17.2. The highest BCUT2D eigenvalue weighted by Gasteiger charge is 2.13. The maximum Gasteiger partial charge on any atom is 0.157 e. The molecule has 0 aliphatic heterocycles. The SMILES string of the molecule is CCOC(CCCNCc1ccc(COc2cccc(C(N=[N+]=[N-])c3ccccc3)c2)cc1)OCC. The van der Waals surface area contributed by atoms with Crippen LogP contribution in [0.15, 0.2) is 84.0 Å². The standard InChI is InChI=1S/C29H36N4O3/c1-3-34-28(35-4-2)14-9-19-31-21-23-15-17-24(18-16-23)22-36-27-13-8-12-26(20-27)29(32-33-30)25-10-6-5-7-11-25/h5-8,10-13,15-18,20,28-29,31H,3-4,9,14,19,21-22H2,1-2H3. The molecular weight excluding hydrogens is 452 g/mol. The molecule has 0 saturated heterocycles. The minimum absolute atomic E-state index is 0.106. The highest BCUT2D eigenvalue weighted by molar-refractivity contribution is 5.37.